The molecule has 4 heteroatoms. The van der Waals surface area contributed by atoms with Crippen molar-refractivity contribution in [1.29, 1.82) is 0 Å². The van der Waals surface area contributed by atoms with E-state index in [1.807, 2.05) is 6.07 Å². The van der Waals surface area contributed by atoms with Gasteiger partial charge in [-0.05, 0) is 61.3 Å². The first kappa shape index (κ1) is 21.9. The van der Waals surface area contributed by atoms with E-state index in [-0.39, 0.29) is 5.56 Å². The topological polar surface area (TPSA) is 25.8 Å². The minimum atomic E-state index is -0.801. The highest BCUT2D eigenvalue weighted by atomic mass is 19.2. The predicted molar refractivity (Wildman–Crippen MR) is 115 cm³/mol. The zero-order chi connectivity index (χ0) is 20.6. The molecule has 0 radical (unpaired) electrons. The normalized spacial score (nSPS) is 19.4. The highest BCUT2D eigenvalue weighted by Gasteiger charge is 2.20. The van der Waals surface area contributed by atoms with Crippen LogP contribution in [-0.2, 0) is 12.8 Å². The van der Waals surface area contributed by atoms with E-state index >= 15 is 0 Å². The second-order valence-electron chi connectivity index (χ2n) is 8.79. The molecule has 2 nitrogen and oxygen atoms in total. The number of hydrogen-bond acceptors (Lipinski definition) is 2. The largest absolute Gasteiger partial charge is 0.203 e. The molecule has 1 fully saturated rings. The average molecular weight is 401 g/mol. The summed E-state index contributed by atoms with van der Waals surface area (Å²) in [5.74, 6) is -0.0745. The van der Waals surface area contributed by atoms with E-state index in [1.54, 1.807) is 18.2 Å². The molecule has 1 heterocycles. The minimum Gasteiger partial charge on any atom is -0.203 e. The van der Waals surface area contributed by atoms with E-state index in [0.29, 0.717) is 23.6 Å². The highest BCUT2D eigenvalue weighted by molar-refractivity contribution is 5.60. The number of aryl methyl sites for hydroxylation is 2. The van der Waals surface area contributed by atoms with Crippen LogP contribution in [0.5, 0.6) is 0 Å². The summed E-state index contributed by atoms with van der Waals surface area (Å²) >= 11 is 0. The molecular formula is C25H34F2N2. The lowest BCUT2D eigenvalue weighted by atomic mass is 9.80. The third-order valence-electron chi connectivity index (χ3n) is 6.40. The molecule has 29 heavy (non-hydrogen) atoms. The molecule has 0 N–H and O–H groups in total. The van der Waals surface area contributed by atoms with Gasteiger partial charge in [0.2, 0.25) is 0 Å². The second-order valence-corrected chi connectivity index (χ2v) is 8.79. The molecule has 1 aromatic heterocycles. The van der Waals surface area contributed by atoms with Crippen molar-refractivity contribution in [2.75, 3.05) is 0 Å². The summed E-state index contributed by atoms with van der Waals surface area (Å²) in [6.07, 6.45) is 12.0. The molecule has 0 amide bonds. The number of benzene rings is 1. The molecule has 0 aliphatic heterocycles. The minimum absolute atomic E-state index is 0.197. The average Bonchev–Trinajstić information content (AvgIpc) is 2.74. The van der Waals surface area contributed by atoms with E-state index in [4.69, 9.17) is 0 Å². The van der Waals surface area contributed by atoms with Crippen LogP contribution in [0.1, 0.15) is 82.9 Å². The van der Waals surface area contributed by atoms with Gasteiger partial charge in [0.15, 0.2) is 11.6 Å². The fourth-order valence-corrected chi connectivity index (χ4v) is 4.33. The number of unbranched alkanes of at least 4 members (excludes halogenated alkanes) is 3. The summed E-state index contributed by atoms with van der Waals surface area (Å²) in [6.45, 7) is 4.48. The molecular weight excluding hydrogens is 366 g/mol. The van der Waals surface area contributed by atoms with Crippen molar-refractivity contribution in [3.63, 3.8) is 0 Å². The highest BCUT2D eigenvalue weighted by Crippen LogP contribution is 2.32. The van der Waals surface area contributed by atoms with Crippen LogP contribution in [-0.4, -0.2) is 10.2 Å². The van der Waals surface area contributed by atoms with Crippen LogP contribution in [0.15, 0.2) is 24.3 Å². The SMILES string of the molecule is CCCCCCc1ccc(-c2ccc(CCC3CCC(C)CC3)c(F)c2F)nn1. The summed E-state index contributed by atoms with van der Waals surface area (Å²) in [5, 5.41) is 8.36. The van der Waals surface area contributed by atoms with Crippen LogP contribution in [0.3, 0.4) is 0 Å². The molecule has 2 aromatic rings. The first-order valence-electron chi connectivity index (χ1n) is 11.4. The number of hydrogen-bond donors (Lipinski definition) is 0. The summed E-state index contributed by atoms with van der Waals surface area (Å²) in [4.78, 5) is 0. The maximum atomic E-state index is 14.7. The Bertz CT molecular complexity index is 765. The van der Waals surface area contributed by atoms with Crippen LogP contribution >= 0.6 is 0 Å². The van der Waals surface area contributed by atoms with Gasteiger partial charge >= 0.3 is 0 Å². The van der Waals surface area contributed by atoms with E-state index in [0.717, 1.165) is 30.9 Å². The zero-order valence-corrected chi connectivity index (χ0v) is 17.9. The second kappa shape index (κ2) is 10.8. The van der Waals surface area contributed by atoms with Gasteiger partial charge in [0.1, 0.15) is 0 Å². The maximum Gasteiger partial charge on any atom is 0.168 e. The Labute approximate surface area is 174 Å². The standard InChI is InChI=1S/C25H34F2N2/c1-3-4-5-6-7-21-15-17-23(29-28-21)22-16-14-20(24(26)25(22)27)13-12-19-10-8-18(2)9-11-19/h14-19H,3-13H2,1-2H3. The Morgan fingerprint density at radius 3 is 2.34 bits per heavy atom. The van der Waals surface area contributed by atoms with Gasteiger partial charge in [0, 0.05) is 5.56 Å². The van der Waals surface area contributed by atoms with Gasteiger partial charge in [-0.15, -0.1) is 0 Å². The van der Waals surface area contributed by atoms with Crippen molar-refractivity contribution in [3.8, 4) is 11.3 Å². The fourth-order valence-electron chi connectivity index (χ4n) is 4.33. The van der Waals surface area contributed by atoms with Crippen LogP contribution in [0.25, 0.3) is 11.3 Å². The van der Waals surface area contributed by atoms with Crippen molar-refractivity contribution < 1.29 is 8.78 Å². The molecule has 1 saturated carbocycles. The summed E-state index contributed by atoms with van der Waals surface area (Å²) < 4.78 is 29.4. The quantitative estimate of drug-likeness (QED) is 0.413. The van der Waals surface area contributed by atoms with E-state index in [1.165, 1.54) is 44.9 Å². The summed E-state index contributed by atoms with van der Waals surface area (Å²) in [6, 6.07) is 7.01. The van der Waals surface area contributed by atoms with Crippen LogP contribution in [0.4, 0.5) is 8.78 Å². The number of nitrogens with zero attached hydrogens (tertiary/aromatic N) is 2. The van der Waals surface area contributed by atoms with E-state index in [9.17, 15) is 8.78 Å². The third-order valence-corrected chi connectivity index (χ3v) is 6.40. The predicted octanol–water partition coefficient (Wildman–Crippen LogP) is 7.30. The third kappa shape index (κ3) is 6.07. The van der Waals surface area contributed by atoms with E-state index < -0.39 is 11.6 Å². The van der Waals surface area contributed by atoms with Crippen molar-refractivity contribution >= 4 is 0 Å². The summed E-state index contributed by atoms with van der Waals surface area (Å²) in [5.41, 5.74) is 1.98. The molecule has 1 aliphatic carbocycles. The molecule has 3 rings (SSSR count). The van der Waals surface area contributed by atoms with Gasteiger partial charge in [0.05, 0.1) is 11.4 Å². The Hall–Kier alpha value is -1.84. The van der Waals surface area contributed by atoms with Gasteiger partial charge in [-0.3, -0.25) is 0 Å². The van der Waals surface area contributed by atoms with Gasteiger partial charge in [0.25, 0.3) is 0 Å². The lowest BCUT2D eigenvalue weighted by molar-refractivity contribution is 0.277. The zero-order valence-electron chi connectivity index (χ0n) is 17.9. The number of halogens is 2. The Kier molecular flexibility index (Phi) is 8.14. The van der Waals surface area contributed by atoms with Gasteiger partial charge in [-0.1, -0.05) is 64.9 Å². The van der Waals surface area contributed by atoms with Crippen molar-refractivity contribution in [1.82, 2.24) is 10.2 Å². The molecule has 0 unspecified atom stereocenters. The molecule has 0 bridgehead atoms. The fraction of sp³-hybridized carbons (Fsp3) is 0.600. The molecule has 0 atom stereocenters. The van der Waals surface area contributed by atoms with Crippen LogP contribution in [0, 0.1) is 23.5 Å². The Morgan fingerprint density at radius 2 is 1.66 bits per heavy atom. The molecule has 0 saturated heterocycles. The molecule has 158 valence electrons. The Balaban J connectivity index is 1.61. The van der Waals surface area contributed by atoms with Crippen LogP contribution < -0.4 is 0 Å². The Morgan fingerprint density at radius 1 is 0.862 bits per heavy atom. The van der Waals surface area contributed by atoms with E-state index in [2.05, 4.69) is 24.0 Å². The van der Waals surface area contributed by atoms with Gasteiger partial charge < -0.3 is 0 Å². The van der Waals surface area contributed by atoms with Gasteiger partial charge in [-0.25, -0.2) is 8.78 Å². The lowest BCUT2D eigenvalue weighted by Crippen LogP contribution is -2.13. The molecule has 1 aliphatic rings. The lowest BCUT2D eigenvalue weighted by Gasteiger charge is -2.26. The van der Waals surface area contributed by atoms with Crippen LogP contribution in [0.2, 0.25) is 0 Å². The molecule has 0 spiro atoms. The smallest absolute Gasteiger partial charge is 0.168 e. The van der Waals surface area contributed by atoms with Gasteiger partial charge in [-0.2, -0.15) is 10.2 Å². The number of aromatic nitrogens is 2. The van der Waals surface area contributed by atoms with Crippen molar-refractivity contribution in [3.05, 3.63) is 47.2 Å². The first-order valence-corrected chi connectivity index (χ1v) is 11.4. The molecule has 1 aromatic carbocycles. The van der Waals surface area contributed by atoms with Crippen molar-refractivity contribution in [2.45, 2.75) is 84.5 Å². The maximum absolute atomic E-state index is 14.7. The number of rotatable bonds is 9. The monoisotopic (exact) mass is 400 g/mol. The van der Waals surface area contributed by atoms with Crippen molar-refractivity contribution in [2.24, 2.45) is 11.8 Å². The first-order chi connectivity index (χ1) is 14.1. The summed E-state index contributed by atoms with van der Waals surface area (Å²) in [7, 11) is 0.